The van der Waals surface area contributed by atoms with E-state index >= 15 is 0 Å². The highest BCUT2D eigenvalue weighted by molar-refractivity contribution is 5.95. The lowest BCUT2D eigenvalue weighted by Gasteiger charge is -2.02. The summed E-state index contributed by atoms with van der Waals surface area (Å²) >= 11 is 0. The van der Waals surface area contributed by atoms with Crippen LogP contribution in [-0.2, 0) is 0 Å². The first-order chi connectivity index (χ1) is 10.5. The largest absolute Gasteiger partial charge is 0.507 e. The summed E-state index contributed by atoms with van der Waals surface area (Å²) in [6.45, 7) is 1.56. The van der Waals surface area contributed by atoms with Crippen LogP contribution in [0, 0.1) is 17.0 Å². The predicted molar refractivity (Wildman–Crippen MR) is 81.0 cm³/mol. The van der Waals surface area contributed by atoms with E-state index in [4.69, 9.17) is 0 Å². The molecule has 0 aliphatic heterocycles. The fraction of sp³-hybridized carbons (Fsp3) is 0.0667. The van der Waals surface area contributed by atoms with Gasteiger partial charge >= 0.3 is 0 Å². The number of hydrogen-bond acceptors (Lipinski definition) is 5. The molecule has 2 aromatic rings. The van der Waals surface area contributed by atoms with Crippen molar-refractivity contribution in [3.63, 3.8) is 0 Å². The van der Waals surface area contributed by atoms with Crippen LogP contribution in [0.15, 0.2) is 47.6 Å². The molecule has 2 rings (SSSR count). The number of nitro benzene ring substituents is 1. The molecule has 0 aromatic heterocycles. The molecule has 0 heterocycles. The molecule has 0 aliphatic carbocycles. The van der Waals surface area contributed by atoms with Gasteiger partial charge in [0, 0.05) is 22.8 Å². The van der Waals surface area contributed by atoms with Crippen LogP contribution in [0.4, 0.5) is 5.69 Å². The van der Waals surface area contributed by atoms with Crippen molar-refractivity contribution in [1.82, 2.24) is 5.43 Å². The van der Waals surface area contributed by atoms with Crippen molar-refractivity contribution in [2.75, 3.05) is 0 Å². The first-order valence-corrected chi connectivity index (χ1v) is 6.35. The number of nitrogens with one attached hydrogen (secondary N) is 1. The normalized spacial score (nSPS) is 10.6. The number of phenolic OH excluding ortho intramolecular Hbond substituents is 1. The van der Waals surface area contributed by atoms with Crippen molar-refractivity contribution in [1.29, 1.82) is 0 Å². The predicted octanol–water partition coefficient (Wildman–Crippen LogP) is 2.37. The van der Waals surface area contributed by atoms with Crippen molar-refractivity contribution in [3.05, 3.63) is 69.3 Å². The number of aryl methyl sites for hydroxylation is 1. The Hall–Kier alpha value is -3.22. The summed E-state index contributed by atoms with van der Waals surface area (Å²) in [5, 5.41) is 24.0. The van der Waals surface area contributed by atoms with Crippen molar-refractivity contribution in [2.45, 2.75) is 6.92 Å². The van der Waals surface area contributed by atoms with Gasteiger partial charge in [-0.3, -0.25) is 14.9 Å². The van der Waals surface area contributed by atoms with Crippen molar-refractivity contribution in [2.24, 2.45) is 5.10 Å². The van der Waals surface area contributed by atoms with Crippen LogP contribution in [0.1, 0.15) is 21.5 Å². The summed E-state index contributed by atoms with van der Waals surface area (Å²) in [5.41, 5.74) is 3.37. The summed E-state index contributed by atoms with van der Waals surface area (Å²) in [6.07, 6.45) is 1.31. The molecule has 0 unspecified atom stereocenters. The molecule has 0 saturated carbocycles. The molecule has 0 spiro atoms. The molecule has 22 heavy (non-hydrogen) atoms. The van der Waals surface area contributed by atoms with E-state index in [9.17, 15) is 20.0 Å². The highest BCUT2D eigenvalue weighted by Crippen LogP contribution is 2.18. The molecule has 112 valence electrons. The number of carbonyl (C=O) groups excluding carboxylic acids is 1. The third-order valence-electron chi connectivity index (χ3n) is 2.96. The lowest BCUT2D eigenvalue weighted by atomic mass is 10.1. The van der Waals surface area contributed by atoms with Gasteiger partial charge in [0.05, 0.1) is 11.1 Å². The summed E-state index contributed by atoms with van der Waals surface area (Å²) in [7, 11) is 0. The lowest BCUT2D eigenvalue weighted by Crippen LogP contribution is -2.17. The van der Waals surface area contributed by atoms with Crippen molar-refractivity contribution >= 4 is 17.8 Å². The average molecular weight is 299 g/mol. The number of aromatic hydroxyl groups is 1. The molecule has 2 N–H and O–H groups in total. The Morgan fingerprint density at radius 3 is 2.68 bits per heavy atom. The highest BCUT2D eigenvalue weighted by atomic mass is 16.6. The molecule has 0 saturated heterocycles. The lowest BCUT2D eigenvalue weighted by molar-refractivity contribution is -0.385. The van der Waals surface area contributed by atoms with Gasteiger partial charge in [0.1, 0.15) is 5.75 Å². The van der Waals surface area contributed by atoms with Crippen LogP contribution >= 0.6 is 0 Å². The van der Waals surface area contributed by atoms with Crippen LogP contribution in [0.3, 0.4) is 0 Å². The molecule has 0 atom stereocenters. The second-order valence-electron chi connectivity index (χ2n) is 4.52. The number of para-hydroxylation sites is 1. The molecule has 7 nitrogen and oxygen atoms in total. The van der Waals surface area contributed by atoms with E-state index in [1.165, 1.54) is 30.5 Å². The summed E-state index contributed by atoms with van der Waals surface area (Å²) in [4.78, 5) is 22.1. The summed E-state index contributed by atoms with van der Waals surface area (Å²) < 4.78 is 0. The molecular formula is C15H13N3O4. The molecule has 1 amide bonds. The monoisotopic (exact) mass is 299 g/mol. The smallest absolute Gasteiger partial charge is 0.272 e. The van der Waals surface area contributed by atoms with Crippen molar-refractivity contribution < 1.29 is 14.8 Å². The van der Waals surface area contributed by atoms with Gasteiger partial charge in [0.25, 0.3) is 11.6 Å². The number of carbonyl (C=O) groups is 1. The van der Waals surface area contributed by atoms with E-state index in [1.54, 1.807) is 25.1 Å². The molecule has 7 heteroatoms. The number of rotatable bonds is 4. The van der Waals surface area contributed by atoms with E-state index in [-0.39, 0.29) is 17.0 Å². The summed E-state index contributed by atoms with van der Waals surface area (Å²) in [5.74, 6) is -0.448. The van der Waals surface area contributed by atoms with Crippen LogP contribution in [0.2, 0.25) is 0 Å². The molecule has 0 bridgehead atoms. The first kappa shape index (κ1) is 15.2. The highest BCUT2D eigenvalue weighted by Gasteiger charge is 2.13. The zero-order valence-corrected chi connectivity index (χ0v) is 11.7. The number of benzene rings is 2. The van der Waals surface area contributed by atoms with Gasteiger partial charge in [-0.15, -0.1) is 0 Å². The Kier molecular flexibility index (Phi) is 4.47. The Bertz CT molecular complexity index is 756. The Labute approximate surface area is 126 Å². The number of nitrogens with zero attached hydrogens (tertiary/aromatic N) is 2. The van der Waals surface area contributed by atoms with E-state index < -0.39 is 10.8 Å². The molecular weight excluding hydrogens is 286 g/mol. The van der Waals surface area contributed by atoms with Crippen LogP contribution < -0.4 is 5.43 Å². The third-order valence-corrected chi connectivity index (χ3v) is 2.96. The maximum atomic E-state index is 11.9. The second-order valence-corrected chi connectivity index (χ2v) is 4.52. The van der Waals surface area contributed by atoms with E-state index in [2.05, 4.69) is 10.5 Å². The Morgan fingerprint density at radius 2 is 2.05 bits per heavy atom. The van der Waals surface area contributed by atoms with Gasteiger partial charge < -0.3 is 5.11 Å². The Morgan fingerprint density at radius 1 is 1.32 bits per heavy atom. The average Bonchev–Trinajstić information content (AvgIpc) is 2.48. The SMILES string of the molecule is Cc1cc(C(=O)N/N=C/c2ccccc2O)ccc1[N+](=O)[O-]. The quantitative estimate of drug-likeness (QED) is 0.513. The van der Waals surface area contributed by atoms with E-state index in [0.717, 1.165) is 0 Å². The van der Waals surface area contributed by atoms with Gasteiger partial charge in [-0.25, -0.2) is 5.43 Å². The van der Waals surface area contributed by atoms with E-state index in [0.29, 0.717) is 11.1 Å². The second kappa shape index (κ2) is 6.49. The van der Waals surface area contributed by atoms with Gasteiger partial charge in [-0.05, 0) is 31.2 Å². The Balaban J connectivity index is 2.08. The number of phenols is 1. The molecule has 0 radical (unpaired) electrons. The topological polar surface area (TPSA) is 105 Å². The number of nitro groups is 1. The fourth-order valence-electron chi connectivity index (χ4n) is 1.82. The number of hydrazone groups is 1. The number of hydrogen-bond donors (Lipinski definition) is 2. The minimum atomic E-state index is -0.507. The maximum absolute atomic E-state index is 11.9. The minimum Gasteiger partial charge on any atom is -0.507 e. The van der Waals surface area contributed by atoms with Gasteiger partial charge in [-0.2, -0.15) is 5.10 Å². The molecule has 2 aromatic carbocycles. The van der Waals surface area contributed by atoms with Gasteiger partial charge in [-0.1, -0.05) is 12.1 Å². The molecule has 0 fully saturated rings. The standard InChI is InChI=1S/C15H13N3O4/c1-10-8-11(6-7-13(10)18(21)22)15(20)17-16-9-12-4-2-3-5-14(12)19/h2-9,19H,1H3,(H,17,20)/b16-9+. The van der Waals surface area contributed by atoms with Crippen molar-refractivity contribution in [3.8, 4) is 5.75 Å². The first-order valence-electron chi connectivity index (χ1n) is 6.35. The maximum Gasteiger partial charge on any atom is 0.272 e. The molecule has 0 aliphatic rings. The third kappa shape index (κ3) is 3.45. The van der Waals surface area contributed by atoms with E-state index in [1.807, 2.05) is 0 Å². The van der Waals surface area contributed by atoms with Gasteiger partial charge in [0.2, 0.25) is 0 Å². The fourth-order valence-corrected chi connectivity index (χ4v) is 1.82. The number of amides is 1. The van der Waals surface area contributed by atoms with Crippen LogP contribution in [0.25, 0.3) is 0 Å². The van der Waals surface area contributed by atoms with Gasteiger partial charge in [0.15, 0.2) is 0 Å². The summed E-state index contributed by atoms with van der Waals surface area (Å²) in [6, 6.07) is 10.6. The van der Waals surface area contributed by atoms with Crippen LogP contribution in [0.5, 0.6) is 5.75 Å². The van der Waals surface area contributed by atoms with Crippen LogP contribution in [-0.4, -0.2) is 22.2 Å². The zero-order chi connectivity index (χ0) is 16.1. The minimum absolute atomic E-state index is 0.0470. The zero-order valence-electron chi connectivity index (χ0n) is 11.7.